The van der Waals surface area contributed by atoms with Crippen LogP contribution in [0.5, 0.6) is 0 Å². The molecule has 25 heavy (non-hydrogen) atoms. The van der Waals surface area contributed by atoms with Gasteiger partial charge in [0.15, 0.2) is 0 Å². The smallest absolute Gasteiger partial charge is 0.112 e. The van der Waals surface area contributed by atoms with Crippen LogP contribution in [0.25, 0.3) is 0 Å². The van der Waals surface area contributed by atoms with Crippen LogP contribution in [-0.2, 0) is 6.54 Å². The highest BCUT2D eigenvalue weighted by Gasteiger charge is 2.27. The van der Waals surface area contributed by atoms with E-state index in [9.17, 15) is 5.11 Å². The summed E-state index contributed by atoms with van der Waals surface area (Å²) < 4.78 is 0.873. The van der Waals surface area contributed by atoms with E-state index in [1.54, 1.807) is 0 Å². The molecule has 0 saturated carbocycles. The Kier molecular flexibility index (Phi) is 11.9. The van der Waals surface area contributed by atoms with Crippen LogP contribution in [0.3, 0.4) is 0 Å². The number of likely N-dealkylation sites (N-methyl/N-ethyl adjacent to an activating group) is 1. The van der Waals surface area contributed by atoms with Crippen LogP contribution >= 0.6 is 0 Å². The zero-order valence-electron chi connectivity index (χ0n) is 17.1. The van der Waals surface area contributed by atoms with Crippen LogP contribution in [0, 0.1) is 0 Å². The van der Waals surface area contributed by atoms with Crippen molar-refractivity contribution in [2.45, 2.75) is 90.1 Å². The maximum atomic E-state index is 9.87. The molecule has 2 heteroatoms. The van der Waals surface area contributed by atoms with Gasteiger partial charge >= 0.3 is 0 Å². The molecular formula is C23H42NO+. The zero-order valence-corrected chi connectivity index (χ0v) is 17.1. The van der Waals surface area contributed by atoms with Gasteiger partial charge in [0.2, 0.25) is 0 Å². The van der Waals surface area contributed by atoms with Crippen LogP contribution in [-0.4, -0.2) is 36.3 Å². The normalized spacial score (nSPS) is 13.1. The fraction of sp³-hybridized carbons (Fsp3) is 0.739. The molecular weight excluding hydrogens is 306 g/mol. The minimum Gasteiger partial charge on any atom is -0.390 e. The number of hydrogen-bond acceptors (Lipinski definition) is 1. The summed E-state index contributed by atoms with van der Waals surface area (Å²) in [4.78, 5) is 0. The van der Waals surface area contributed by atoms with E-state index in [0.717, 1.165) is 17.4 Å². The number of rotatable bonds is 15. The molecule has 1 rings (SSSR count). The van der Waals surface area contributed by atoms with E-state index in [4.69, 9.17) is 0 Å². The number of benzene rings is 1. The lowest BCUT2D eigenvalue weighted by atomic mass is 10.0. The first-order valence-corrected chi connectivity index (χ1v) is 10.6. The average Bonchev–Trinajstić information content (AvgIpc) is 2.60. The molecule has 0 aromatic heterocycles. The van der Waals surface area contributed by atoms with Crippen molar-refractivity contribution >= 4 is 0 Å². The van der Waals surface area contributed by atoms with Crippen molar-refractivity contribution in [3.63, 3.8) is 0 Å². The summed E-state index contributed by atoms with van der Waals surface area (Å²) in [5.74, 6) is 0. The van der Waals surface area contributed by atoms with Crippen LogP contribution in [0.15, 0.2) is 30.3 Å². The standard InChI is InChI=1S/C23H42NO/c1-4-5-6-7-8-9-10-11-12-16-19-23(21-25)24(2,3)20-22-17-14-13-15-18-22/h13-15,17-18,23,25H,4-12,16,19-21H2,1-3H3/q+1. The van der Waals surface area contributed by atoms with E-state index >= 15 is 0 Å². The van der Waals surface area contributed by atoms with Crippen molar-refractivity contribution in [3.05, 3.63) is 35.9 Å². The third kappa shape index (κ3) is 10.0. The second kappa shape index (κ2) is 13.4. The minimum absolute atomic E-state index is 0.289. The molecule has 0 spiro atoms. The quantitative estimate of drug-likeness (QED) is 0.307. The number of hydrogen-bond donors (Lipinski definition) is 1. The number of aliphatic hydroxyl groups excluding tert-OH is 1. The highest BCUT2D eigenvalue weighted by atomic mass is 16.3. The van der Waals surface area contributed by atoms with Gasteiger partial charge in [-0.05, 0) is 6.42 Å². The summed E-state index contributed by atoms with van der Waals surface area (Å²) in [6, 6.07) is 11.0. The molecule has 1 aromatic carbocycles. The molecule has 2 nitrogen and oxygen atoms in total. The van der Waals surface area contributed by atoms with E-state index in [-0.39, 0.29) is 6.61 Å². The molecule has 0 radical (unpaired) electrons. The molecule has 1 aromatic rings. The van der Waals surface area contributed by atoms with Gasteiger partial charge in [0.1, 0.15) is 12.6 Å². The topological polar surface area (TPSA) is 20.2 Å². The first-order chi connectivity index (χ1) is 12.1. The Balaban J connectivity index is 2.16. The molecule has 1 unspecified atom stereocenters. The van der Waals surface area contributed by atoms with E-state index in [1.807, 2.05) is 0 Å². The first-order valence-electron chi connectivity index (χ1n) is 10.6. The van der Waals surface area contributed by atoms with Gasteiger partial charge in [0.25, 0.3) is 0 Å². The summed E-state index contributed by atoms with van der Waals surface area (Å²) in [6.45, 7) is 3.56. The highest BCUT2D eigenvalue weighted by Crippen LogP contribution is 2.19. The fourth-order valence-electron chi connectivity index (χ4n) is 3.71. The molecule has 0 bridgehead atoms. The van der Waals surface area contributed by atoms with Crippen LogP contribution in [0.4, 0.5) is 0 Å². The molecule has 144 valence electrons. The molecule has 0 aliphatic rings. The molecule has 0 fully saturated rings. The van der Waals surface area contributed by atoms with Gasteiger partial charge in [-0.15, -0.1) is 0 Å². The third-order valence-electron chi connectivity index (χ3n) is 5.52. The fourth-order valence-corrected chi connectivity index (χ4v) is 3.71. The third-order valence-corrected chi connectivity index (χ3v) is 5.52. The lowest BCUT2D eigenvalue weighted by Gasteiger charge is -2.37. The Labute approximate surface area is 156 Å². The van der Waals surface area contributed by atoms with Crippen molar-refractivity contribution in [2.75, 3.05) is 20.7 Å². The maximum absolute atomic E-state index is 9.87. The summed E-state index contributed by atoms with van der Waals surface area (Å²) in [5.41, 5.74) is 1.36. The molecule has 0 heterocycles. The van der Waals surface area contributed by atoms with Gasteiger partial charge in [-0.1, -0.05) is 95.0 Å². The Morgan fingerprint density at radius 1 is 0.800 bits per heavy atom. The molecule has 1 N–H and O–H groups in total. The Morgan fingerprint density at radius 3 is 1.84 bits per heavy atom. The van der Waals surface area contributed by atoms with E-state index in [0.29, 0.717) is 6.04 Å². The summed E-state index contributed by atoms with van der Waals surface area (Å²) in [7, 11) is 4.51. The minimum atomic E-state index is 0.289. The second-order valence-electron chi connectivity index (χ2n) is 8.23. The second-order valence-corrected chi connectivity index (χ2v) is 8.23. The molecule has 0 aliphatic carbocycles. The van der Waals surface area contributed by atoms with Gasteiger partial charge in [0, 0.05) is 12.0 Å². The predicted octanol–water partition coefficient (Wildman–Crippen LogP) is 5.93. The van der Waals surface area contributed by atoms with Gasteiger partial charge in [-0.2, -0.15) is 0 Å². The molecule has 0 saturated heterocycles. The van der Waals surface area contributed by atoms with Gasteiger partial charge in [-0.25, -0.2) is 0 Å². The van der Waals surface area contributed by atoms with Crippen molar-refractivity contribution < 1.29 is 9.59 Å². The lowest BCUT2D eigenvalue weighted by molar-refractivity contribution is -0.928. The zero-order chi connectivity index (χ0) is 18.4. The van der Waals surface area contributed by atoms with E-state index < -0.39 is 0 Å². The van der Waals surface area contributed by atoms with Gasteiger partial charge < -0.3 is 9.59 Å². The highest BCUT2D eigenvalue weighted by molar-refractivity contribution is 5.13. The molecule has 0 aliphatic heterocycles. The Bertz CT molecular complexity index is 415. The number of quaternary nitrogens is 1. The largest absolute Gasteiger partial charge is 0.390 e. The number of aliphatic hydroxyl groups is 1. The van der Waals surface area contributed by atoms with Crippen molar-refractivity contribution in [3.8, 4) is 0 Å². The van der Waals surface area contributed by atoms with E-state index in [1.165, 1.54) is 69.8 Å². The van der Waals surface area contributed by atoms with Crippen LogP contribution < -0.4 is 0 Å². The Morgan fingerprint density at radius 2 is 1.32 bits per heavy atom. The van der Waals surface area contributed by atoms with Crippen molar-refractivity contribution in [1.29, 1.82) is 0 Å². The molecule has 1 atom stereocenters. The predicted molar refractivity (Wildman–Crippen MR) is 110 cm³/mol. The number of nitrogens with zero attached hydrogens (tertiary/aromatic N) is 1. The van der Waals surface area contributed by atoms with Gasteiger partial charge in [0.05, 0.1) is 20.7 Å². The van der Waals surface area contributed by atoms with Crippen LogP contribution in [0.2, 0.25) is 0 Å². The summed E-state index contributed by atoms with van der Waals surface area (Å²) >= 11 is 0. The van der Waals surface area contributed by atoms with Crippen molar-refractivity contribution in [2.24, 2.45) is 0 Å². The van der Waals surface area contributed by atoms with Crippen molar-refractivity contribution in [1.82, 2.24) is 0 Å². The number of unbranched alkanes of at least 4 members (excludes halogenated alkanes) is 9. The SMILES string of the molecule is CCCCCCCCCCCCC(CO)[N+](C)(C)Cc1ccccc1. The summed E-state index contributed by atoms with van der Waals surface area (Å²) in [6.07, 6.45) is 14.8. The molecule has 0 amide bonds. The van der Waals surface area contributed by atoms with Crippen LogP contribution in [0.1, 0.15) is 83.1 Å². The lowest BCUT2D eigenvalue weighted by Crippen LogP contribution is -2.50. The maximum Gasteiger partial charge on any atom is 0.112 e. The van der Waals surface area contributed by atoms with Gasteiger partial charge in [-0.3, -0.25) is 0 Å². The summed E-state index contributed by atoms with van der Waals surface area (Å²) in [5, 5.41) is 9.87. The first kappa shape index (κ1) is 22.2. The Hall–Kier alpha value is -0.860. The average molecular weight is 349 g/mol. The van der Waals surface area contributed by atoms with E-state index in [2.05, 4.69) is 51.4 Å². The monoisotopic (exact) mass is 348 g/mol.